The van der Waals surface area contributed by atoms with E-state index < -0.39 is 0 Å². The van der Waals surface area contributed by atoms with Crippen molar-refractivity contribution < 1.29 is 9.53 Å². The third kappa shape index (κ3) is 5.05. The van der Waals surface area contributed by atoms with Crippen molar-refractivity contribution in [2.24, 2.45) is 11.7 Å². The van der Waals surface area contributed by atoms with E-state index in [1.54, 1.807) is 18.3 Å². The number of nitrogens with one attached hydrogen (secondary N) is 1. The minimum atomic E-state index is -0.103. The van der Waals surface area contributed by atoms with Crippen LogP contribution >= 0.6 is 0 Å². The Morgan fingerprint density at radius 3 is 2.58 bits per heavy atom. The Bertz CT molecular complexity index is 722. The first kappa shape index (κ1) is 18.4. The Hall–Kier alpha value is -2.40. The van der Waals surface area contributed by atoms with Gasteiger partial charge in [-0.25, -0.2) is 4.98 Å². The molecule has 1 aromatic heterocycles. The zero-order valence-electron chi connectivity index (χ0n) is 15.3. The molecule has 138 valence electrons. The maximum atomic E-state index is 12.3. The average Bonchev–Trinajstić information content (AvgIpc) is 2.68. The molecule has 0 spiro atoms. The molecular weight excluding hydrogens is 326 g/mol. The molecule has 3 rings (SSSR count). The van der Waals surface area contributed by atoms with Crippen molar-refractivity contribution in [3.63, 3.8) is 0 Å². The topological polar surface area (TPSA) is 77.2 Å². The summed E-state index contributed by atoms with van der Waals surface area (Å²) in [6, 6.07) is 11.1. The van der Waals surface area contributed by atoms with E-state index in [1.165, 1.54) is 12.8 Å². The number of rotatable bonds is 6. The third-order valence-corrected chi connectivity index (χ3v) is 4.95. The number of amides is 1. The number of hydrogen-bond donors (Lipinski definition) is 2. The van der Waals surface area contributed by atoms with Crippen molar-refractivity contribution in [3.8, 4) is 5.88 Å². The second-order valence-corrected chi connectivity index (χ2v) is 7.09. The molecule has 1 saturated carbocycles. The van der Waals surface area contributed by atoms with E-state index in [1.807, 2.05) is 24.3 Å². The van der Waals surface area contributed by atoms with Gasteiger partial charge in [0.15, 0.2) is 0 Å². The fraction of sp³-hybridized carbons (Fsp3) is 0.429. The molecule has 1 fully saturated rings. The highest BCUT2D eigenvalue weighted by molar-refractivity contribution is 5.94. The number of carbonyl (C=O) groups is 1. The van der Waals surface area contributed by atoms with Crippen molar-refractivity contribution >= 4 is 5.91 Å². The second kappa shape index (κ2) is 8.81. The smallest absolute Gasteiger partial charge is 0.251 e. The Morgan fingerprint density at radius 2 is 1.88 bits per heavy atom. The van der Waals surface area contributed by atoms with Gasteiger partial charge in [-0.3, -0.25) is 4.79 Å². The SMILES string of the molecule is CC1CCC(Oc2cc(CNC(=O)c3ccc(CN)cc3)ccn2)CC1. The normalized spacial score (nSPS) is 19.8. The Labute approximate surface area is 155 Å². The molecule has 0 saturated heterocycles. The highest BCUT2D eigenvalue weighted by atomic mass is 16.5. The Kier molecular flexibility index (Phi) is 6.23. The average molecular weight is 353 g/mol. The van der Waals surface area contributed by atoms with Gasteiger partial charge in [-0.15, -0.1) is 0 Å². The molecule has 0 unspecified atom stereocenters. The summed E-state index contributed by atoms with van der Waals surface area (Å²) in [5.41, 5.74) is 8.20. The predicted molar refractivity (Wildman–Crippen MR) is 102 cm³/mol. The summed E-state index contributed by atoms with van der Waals surface area (Å²) in [6.45, 7) is 3.21. The van der Waals surface area contributed by atoms with Gasteiger partial charge < -0.3 is 15.8 Å². The van der Waals surface area contributed by atoms with E-state index >= 15 is 0 Å². The molecule has 5 nitrogen and oxygen atoms in total. The van der Waals surface area contributed by atoms with Crippen LogP contribution in [0.1, 0.15) is 54.1 Å². The summed E-state index contributed by atoms with van der Waals surface area (Å²) in [6.07, 6.45) is 6.58. The lowest BCUT2D eigenvalue weighted by Crippen LogP contribution is -2.24. The first-order valence-corrected chi connectivity index (χ1v) is 9.33. The summed E-state index contributed by atoms with van der Waals surface area (Å²) >= 11 is 0. The van der Waals surface area contributed by atoms with Crippen LogP contribution in [0.2, 0.25) is 0 Å². The van der Waals surface area contributed by atoms with E-state index in [2.05, 4.69) is 17.2 Å². The van der Waals surface area contributed by atoms with Gasteiger partial charge in [-0.1, -0.05) is 19.1 Å². The van der Waals surface area contributed by atoms with Crippen LogP contribution < -0.4 is 15.8 Å². The summed E-state index contributed by atoms with van der Waals surface area (Å²) in [5, 5.41) is 2.94. The fourth-order valence-corrected chi connectivity index (χ4v) is 3.22. The quantitative estimate of drug-likeness (QED) is 0.834. The number of benzene rings is 1. The van der Waals surface area contributed by atoms with Gasteiger partial charge in [0, 0.05) is 30.9 Å². The maximum absolute atomic E-state index is 12.3. The lowest BCUT2D eigenvalue weighted by Gasteiger charge is -2.26. The lowest BCUT2D eigenvalue weighted by atomic mass is 9.89. The molecule has 0 radical (unpaired) electrons. The molecule has 2 aromatic rings. The molecule has 1 aliphatic carbocycles. The minimum absolute atomic E-state index is 0.103. The first-order chi connectivity index (χ1) is 12.6. The van der Waals surface area contributed by atoms with Gasteiger partial charge in [-0.05, 0) is 60.9 Å². The van der Waals surface area contributed by atoms with Gasteiger partial charge in [0.2, 0.25) is 5.88 Å². The third-order valence-electron chi connectivity index (χ3n) is 4.95. The van der Waals surface area contributed by atoms with E-state index in [4.69, 9.17) is 10.5 Å². The summed E-state index contributed by atoms with van der Waals surface area (Å²) in [7, 11) is 0. The van der Waals surface area contributed by atoms with Crippen molar-refractivity contribution in [2.75, 3.05) is 0 Å². The highest BCUT2D eigenvalue weighted by Gasteiger charge is 2.20. The maximum Gasteiger partial charge on any atom is 0.251 e. The molecule has 1 aromatic carbocycles. The monoisotopic (exact) mass is 353 g/mol. The number of aromatic nitrogens is 1. The standard InChI is InChI=1S/C21H27N3O2/c1-15-2-8-19(9-3-15)26-20-12-17(10-11-23-20)14-24-21(25)18-6-4-16(13-22)5-7-18/h4-7,10-12,15,19H,2-3,8-9,13-14,22H2,1H3,(H,24,25). The number of hydrogen-bond acceptors (Lipinski definition) is 4. The highest BCUT2D eigenvalue weighted by Crippen LogP contribution is 2.26. The van der Waals surface area contributed by atoms with E-state index in [9.17, 15) is 4.79 Å². The van der Waals surface area contributed by atoms with Gasteiger partial charge in [0.1, 0.15) is 6.10 Å². The molecule has 5 heteroatoms. The molecule has 26 heavy (non-hydrogen) atoms. The van der Waals surface area contributed by atoms with Gasteiger partial charge in [-0.2, -0.15) is 0 Å². The van der Waals surface area contributed by atoms with Crippen LogP contribution in [-0.2, 0) is 13.1 Å². The van der Waals surface area contributed by atoms with E-state index in [-0.39, 0.29) is 12.0 Å². The zero-order chi connectivity index (χ0) is 18.4. The van der Waals surface area contributed by atoms with Crippen LogP contribution in [0.3, 0.4) is 0 Å². The van der Waals surface area contributed by atoms with Crippen LogP contribution in [0, 0.1) is 5.92 Å². The van der Waals surface area contributed by atoms with Crippen LogP contribution in [0.4, 0.5) is 0 Å². The van der Waals surface area contributed by atoms with Crippen molar-refractivity contribution in [3.05, 3.63) is 59.3 Å². The molecule has 0 atom stereocenters. The van der Waals surface area contributed by atoms with Crippen LogP contribution in [-0.4, -0.2) is 17.0 Å². The molecule has 1 aliphatic rings. The zero-order valence-corrected chi connectivity index (χ0v) is 15.3. The summed E-state index contributed by atoms with van der Waals surface area (Å²) < 4.78 is 6.03. The van der Waals surface area contributed by atoms with Crippen molar-refractivity contribution in [2.45, 2.75) is 51.8 Å². The van der Waals surface area contributed by atoms with Crippen LogP contribution in [0.5, 0.6) is 5.88 Å². The fourth-order valence-electron chi connectivity index (χ4n) is 3.22. The first-order valence-electron chi connectivity index (χ1n) is 9.33. The summed E-state index contributed by atoms with van der Waals surface area (Å²) in [4.78, 5) is 16.6. The number of nitrogens with zero attached hydrogens (tertiary/aromatic N) is 1. The molecule has 0 aliphatic heterocycles. The Balaban J connectivity index is 1.53. The number of pyridine rings is 1. The van der Waals surface area contributed by atoms with Crippen molar-refractivity contribution in [1.82, 2.24) is 10.3 Å². The molecular formula is C21H27N3O2. The molecule has 0 bridgehead atoms. The van der Waals surface area contributed by atoms with Crippen LogP contribution in [0.25, 0.3) is 0 Å². The number of carbonyl (C=O) groups excluding carboxylic acids is 1. The predicted octanol–water partition coefficient (Wildman–Crippen LogP) is 3.43. The van der Waals surface area contributed by atoms with Gasteiger partial charge in [0.05, 0.1) is 0 Å². The Morgan fingerprint density at radius 1 is 1.15 bits per heavy atom. The largest absolute Gasteiger partial charge is 0.474 e. The summed E-state index contributed by atoms with van der Waals surface area (Å²) in [5.74, 6) is 1.33. The van der Waals surface area contributed by atoms with Crippen LogP contribution in [0.15, 0.2) is 42.6 Å². The minimum Gasteiger partial charge on any atom is -0.474 e. The second-order valence-electron chi connectivity index (χ2n) is 7.09. The van der Waals surface area contributed by atoms with Gasteiger partial charge in [0.25, 0.3) is 5.91 Å². The van der Waals surface area contributed by atoms with Gasteiger partial charge >= 0.3 is 0 Å². The number of nitrogens with two attached hydrogens (primary N) is 1. The van der Waals surface area contributed by atoms with E-state index in [0.717, 1.165) is 29.9 Å². The molecule has 3 N–H and O–H groups in total. The number of ether oxygens (including phenoxy) is 1. The molecule has 1 heterocycles. The lowest BCUT2D eigenvalue weighted by molar-refractivity contribution is 0.0950. The van der Waals surface area contributed by atoms with Crippen molar-refractivity contribution in [1.29, 1.82) is 0 Å². The van der Waals surface area contributed by atoms with E-state index in [0.29, 0.717) is 24.5 Å². The molecule has 1 amide bonds.